The third-order valence-electron chi connectivity index (χ3n) is 5.80. The number of rotatable bonds is 5. The lowest BCUT2D eigenvalue weighted by Crippen LogP contribution is -2.38. The van der Waals surface area contributed by atoms with E-state index in [2.05, 4.69) is 6.92 Å². The van der Waals surface area contributed by atoms with Gasteiger partial charge in [0.05, 0.1) is 0 Å². The predicted octanol–water partition coefficient (Wildman–Crippen LogP) is 5.80. The SMILES string of the molecule is CCCC1CCC(C2CCC(C(F)(F)C(=O)Cl)CC2)CC1. The van der Waals surface area contributed by atoms with E-state index in [9.17, 15) is 13.6 Å². The fraction of sp³-hybridized carbons (Fsp3) is 0.941. The summed E-state index contributed by atoms with van der Waals surface area (Å²) in [5, 5.41) is -1.48. The normalized spacial score (nSPS) is 34.7. The Balaban J connectivity index is 1.78. The summed E-state index contributed by atoms with van der Waals surface area (Å²) in [4.78, 5) is 10.9. The number of hydrogen-bond acceptors (Lipinski definition) is 1. The quantitative estimate of drug-likeness (QED) is 0.585. The fourth-order valence-corrected chi connectivity index (χ4v) is 4.62. The van der Waals surface area contributed by atoms with Gasteiger partial charge in [-0.1, -0.05) is 32.6 Å². The molecule has 2 aliphatic rings. The van der Waals surface area contributed by atoms with Crippen molar-refractivity contribution in [1.29, 1.82) is 0 Å². The summed E-state index contributed by atoms with van der Waals surface area (Å²) < 4.78 is 27.3. The van der Waals surface area contributed by atoms with Crippen LogP contribution in [0.3, 0.4) is 0 Å². The molecular formula is C17H27ClF2O. The Bertz CT molecular complexity index is 343. The zero-order valence-corrected chi connectivity index (χ0v) is 13.7. The maximum atomic E-state index is 13.7. The van der Waals surface area contributed by atoms with Gasteiger partial charge in [0.1, 0.15) is 0 Å². The zero-order valence-electron chi connectivity index (χ0n) is 12.9. The van der Waals surface area contributed by atoms with E-state index in [-0.39, 0.29) is 0 Å². The van der Waals surface area contributed by atoms with Crippen LogP contribution in [0.1, 0.15) is 71.1 Å². The lowest BCUT2D eigenvalue weighted by atomic mass is 9.68. The second-order valence-electron chi connectivity index (χ2n) is 7.08. The molecular weight excluding hydrogens is 294 g/mol. The van der Waals surface area contributed by atoms with Crippen molar-refractivity contribution in [3.63, 3.8) is 0 Å². The molecule has 0 aliphatic heterocycles. The molecule has 4 heteroatoms. The first-order chi connectivity index (χ1) is 9.95. The second kappa shape index (κ2) is 7.39. The van der Waals surface area contributed by atoms with Crippen LogP contribution in [0.4, 0.5) is 8.78 Å². The van der Waals surface area contributed by atoms with E-state index >= 15 is 0 Å². The number of carbonyl (C=O) groups is 1. The summed E-state index contributed by atoms with van der Waals surface area (Å²) in [5.41, 5.74) is 0. The Hall–Kier alpha value is -0.180. The summed E-state index contributed by atoms with van der Waals surface area (Å²) >= 11 is 5.04. The Morgan fingerprint density at radius 2 is 1.48 bits per heavy atom. The van der Waals surface area contributed by atoms with Gasteiger partial charge >= 0.3 is 5.92 Å². The van der Waals surface area contributed by atoms with Crippen LogP contribution in [0.5, 0.6) is 0 Å². The first kappa shape index (κ1) is 17.2. The smallest absolute Gasteiger partial charge is 0.274 e. The lowest BCUT2D eigenvalue weighted by molar-refractivity contribution is -0.145. The van der Waals surface area contributed by atoms with E-state index < -0.39 is 17.1 Å². The number of hydrogen-bond donors (Lipinski definition) is 0. The van der Waals surface area contributed by atoms with Gasteiger partial charge in [0.15, 0.2) is 0 Å². The van der Waals surface area contributed by atoms with E-state index in [1.54, 1.807) is 0 Å². The molecule has 0 unspecified atom stereocenters. The number of halogens is 3. The average molecular weight is 321 g/mol. The van der Waals surface area contributed by atoms with Crippen molar-refractivity contribution in [2.45, 2.75) is 77.1 Å². The standard InChI is InChI=1S/C17H27ClF2O/c1-2-3-12-4-6-13(7-5-12)14-8-10-15(11-9-14)17(19,20)16(18)21/h12-15H,2-11H2,1H3. The minimum Gasteiger partial charge on any atom is -0.274 e. The predicted molar refractivity (Wildman–Crippen MR) is 81.6 cm³/mol. The van der Waals surface area contributed by atoms with Gasteiger partial charge in [0, 0.05) is 5.92 Å². The van der Waals surface area contributed by atoms with Gasteiger partial charge in [-0.05, 0) is 67.9 Å². The van der Waals surface area contributed by atoms with Gasteiger partial charge in [-0.15, -0.1) is 0 Å². The van der Waals surface area contributed by atoms with Crippen LogP contribution in [0.15, 0.2) is 0 Å². The van der Waals surface area contributed by atoms with Crippen LogP contribution < -0.4 is 0 Å². The van der Waals surface area contributed by atoms with E-state index in [0.717, 1.165) is 24.7 Å². The van der Waals surface area contributed by atoms with E-state index in [0.29, 0.717) is 18.8 Å². The van der Waals surface area contributed by atoms with Crippen LogP contribution in [0.25, 0.3) is 0 Å². The van der Waals surface area contributed by atoms with Crippen molar-refractivity contribution >= 4 is 16.8 Å². The first-order valence-electron chi connectivity index (χ1n) is 8.52. The highest BCUT2D eigenvalue weighted by Crippen LogP contribution is 2.45. The van der Waals surface area contributed by atoms with E-state index in [1.807, 2.05) is 0 Å². The number of carbonyl (C=O) groups excluding carboxylic acids is 1. The van der Waals surface area contributed by atoms with Crippen molar-refractivity contribution in [3.8, 4) is 0 Å². The van der Waals surface area contributed by atoms with Crippen LogP contribution in [0.2, 0.25) is 0 Å². The van der Waals surface area contributed by atoms with Gasteiger partial charge in [0.2, 0.25) is 0 Å². The molecule has 0 radical (unpaired) electrons. The topological polar surface area (TPSA) is 17.1 Å². The molecule has 0 aromatic rings. The molecule has 1 nitrogen and oxygen atoms in total. The Labute approximate surface area is 131 Å². The Morgan fingerprint density at radius 3 is 1.90 bits per heavy atom. The van der Waals surface area contributed by atoms with Gasteiger partial charge < -0.3 is 0 Å². The second-order valence-corrected chi connectivity index (χ2v) is 7.42. The molecule has 2 fully saturated rings. The summed E-state index contributed by atoms with van der Waals surface area (Å²) in [7, 11) is 0. The van der Waals surface area contributed by atoms with Gasteiger partial charge in [-0.3, -0.25) is 4.79 Å². The molecule has 0 spiro atoms. The van der Waals surface area contributed by atoms with Gasteiger partial charge in [0.25, 0.3) is 5.24 Å². The van der Waals surface area contributed by atoms with Crippen LogP contribution in [-0.4, -0.2) is 11.2 Å². The minimum absolute atomic E-state index is 0.449. The molecule has 0 N–H and O–H groups in total. The third kappa shape index (κ3) is 4.18. The van der Waals surface area contributed by atoms with Crippen LogP contribution in [0, 0.1) is 23.7 Å². The van der Waals surface area contributed by atoms with Crippen molar-refractivity contribution < 1.29 is 13.6 Å². The molecule has 0 atom stereocenters. The van der Waals surface area contributed by atoms with Gasteiger partial charge in [-0.25, -0.2) is 0 Å². The van der Waals surface area contributed by atoms with Crippen LogP contribution >= 0.6 is 11.6 Å². The zero-order chi connectivity index (χ0) is 15.5. The highest BCUT2D eigenvalue weighted by Gasteiger charge is 2.47. The van der Waals surface area contributed by atoms with Crippen molar-refractivity contribution in [1.82, 2.24) is 0 Å². The van der Waals surface area contributed by atoms with E-state index in [4.69, 9.17) is 11.6 Å². The molecule has 2 saturated carbocycles. The molecule has 2 aliphatic carbocycles. The largest absolute Gasteiger partial charge is 0.322 e. The molecule has 0 aromatic carbocycles. The first-order valence-corrected chi connectivity index (χ1v) is 8.90. The van der Waals surface area contributed by atoms with E-state index in [1.165, 1.54) is 38.5 Å². The van der Waals surface area contributed by atoms with Crippen LogP contribution in [-0.2, 0) is 4.79 Å². The summed E-state index contributed by atoms with van der Waals surface area (Å²) in [6, 6.07) is 0. The monoisotopic (exact) mass is 320 g/mol. The lowest BCUT2D eigenvalue weighted by Gasteiger charge is -2.39. The Kier molecular flexibility index (Phi) is 6.05. The highest BCUT2D eigenvalue weighted by atomic mass is 35.5. The van der Waals surface area contributed by atoms with Gasteiger partial charge in [-0.2, -0.15) is 8.78 Å². The average Bonchev–Trinajstić information content (AvgIpc) is 2.48. The minimum atomic E-state index is -3.33. The maximum Gasteiger partial charge on any atom is 0.322 e. The van der Waals surface area contributed by atoms with Crippen molar-refractivity contribution in [2.75, 3.05) is 0 Å². The molecule has 0 aromatic heterocycles. The maximum absolute atomic E-state index is 13.7. The molecule has 0 heterocycles. The molecule has 0 bridgehead atoms. The third-order valence-corrected chi connectivity index (χ3v) is 6.05. The Morgan fingerprint density at radius 1 is 1.00 bits per heavy atom. The van der Waals surface area contributed by atoms with Crippen molar-refractivity contribution in [3.05, 3.63) is 0 Å². The van der Waals surface area contributed by atoms with Crippen molar-refractivity contribution in [2.24, 2.45) is 23.7 Å². The molecule has 0 saturated heterocycles. The molecule has 21 heavy (non-hydrogen) atoms. The molecule has 122 valence electrons. The molecule has 0 amide bonds. The number of alkyl halides is 2. The fourth-order valence-electron chi connectivity index (χ4n) is 4.47. The summed E-state index contributed by atoms with van der Waals surface area (Å²) in [5.74, 6) is -1.97. The summed E-state index contributed by atoms with van der Waals surface area (Å²) in [6.07, 6.45) is 10.3. The summed E-state index contributed by atoms with van der Waals surface area (Å²) in [6.45, 7) is 2.24. The highest BCUT2D eigenvalue weighted by molar-refractivity contribution is 6.65. The molecule has 2 rings (SSSR count).